The molecule has 0 saturated carbocycles. The maximum absolute atomic E-state index is 11.7. The van der Waals surface area contributed by atoms with Crippen LogP contribution in [0.25, 0.3) is 0 Å². The van der Waals surface area contributed by atoms with Gasteiger partial charge in [0.15, 0.2) is 0 Å². The Bertz CT molecular complexity index is 588. The van der Waals surface area contributed by atoms with Crippen molar-refractivity contribution in [2.24, 2.45) is 0 Å². The van der Waals surface area contributed by atoms with E-state index in [1.54, 1.807) is 18.3 Å². The van der Waals surface area contributed by atoms with Crippen LogP contribution in [0.5, 0.6) is 0 Å². The average molecular weight is 287 g/mol. The zero-order chi connectivity index (χ0) is 15.2. The molecule has 1 aromatic carbocycles. The number of ether oxygens (including phenoxy) is 1. The van der Waals surface area contributed by atoms with Gasteiger partial charge in [-0.15, -0.1) is 0 Å². The van der Waals surface area contributed by atoms with Crippen LogP contribution >= 0.6 is 0 Å². The Morgan fingerprint density at radius 2 is 2.05 bits per heavy atom. The summed E-state index contributed by atoms with van der Waals surface area (Å²) in [5.74, 6) is 0.693. The zero-order valence-corrected chi connectivity index (χ0v) is 12.7. The van der Waals surface area contributed by atoms with E-state index in [9.17, 15) is 4.79 Å². The lowest BCUT2D eigenvalue weighted by Gasteiger charge is -2.10. The SMILES string of the molecule is CCn1ccnc1CNc1ccc(C(=O)OC(C)C)cc1. The molecule has 1 aromatic heterocycles. The molecule has 0 fully saturated rings. The van der Waals surface area contributed by atoms with Crippen molar-refractivity contribution in [2.75, 3.05) is 5.32 Å². The fourth-order valence-electron chi connectivity index (χ4n) is 1.98. The molecule has 0 unspecified atom stereocenters. The molecule has 0 saturated heterocycles. The van der Waals surface area contributed by atoms with Gasteiger partial charge in [-0.1, -0.05) is 0 Å². The van der Waals surface area contributed by atoms with Crippen LogP contribution in [0.1, 0.15) is 37.0 Å². The predicted octanol–water partition coefficient (Wildman–Crippen LogP) is 3.08. The molecule has 0 bridgehead atoms. The van der Waals surface area contributed by atoms with E-state index in [1.807, 2.05) is 32.2 Å². The molecule has 2 aromatic rings. The quantitative estimate of drug-likeness (QED) is 0.830. The van der Waals surface area contributed by atoms with Crippen LogP contribution in [0.15, 0.2) is 36.7 Å². The van der Waals surface area contributed by atoms with Gasteiger partial charge in [0.05, 0.1) is 18.2 Å². The van der Waals surface area contributed by atoms with Crippen molar-refractivity contribution in [2.45, 2.75) is 40.0 Å². The first-order valence-corrected chi connectivity index (χ1v) is 7.15. The van der Waals surface area contributed by atoms with Crippen molar-refractivity contribution in [3.63, 3.8) is 0 Å². The number of benzene rings is 1. The number of carbonyl (C=O) groups excluding carboxylic acids is 1. The summed E-state index contributed by atoms with van der Waals surface area (Å²) >= 11 is 0. The van der Waals surface area contributed by atoms with Gasteiger partial charge in [0, 0.05) is 24.6 Å². The number of hydrogen-bond acceptors (Lipinski definition) is 4. The predicted molar refractivity (Wildman–Crippen MR) is 82.2 cm³/mol. The first kappa shape index (κ1) is 15.1. The number of imidazole rings is 1. The number of aromatic nitrogens is 2. The molecule has 0 amide bonds. The number of nitrogens with one attached hydrogen (secondary N) is 1. The molecule has 0 aliphatic heterocycles. The molecular formula is C16H21N3O2. The topological polar surface area (TPSA) is 56.2 Å². The number of anilines is 1. The first-order chi connectivity index (χ1) is 10.1. The highest BCUT2D eigenvalue weighted by Crippen LogP contribution is 2.12. The van der Waals surface area contributed by atoms with E-state index >= 15 is 0 Å². The molecule has 5 nitrogen and oxygen atoms in total. The highest BCUT2D eigenvalue weighted by Gasteiger charge is 2.08. The second kappa shape index (κ2) is 6.92. The van der Waals surface area contributed by atoms with Gasteiger partial charge in [-0.2, -0.15) is 0 Å². The van der Waals surface area contributed by atoms with Gasteiger partial charge in [-0.3, -0.25) is 0 Å². The number of hydrogen-bond donors (Lipinski definition) is 1. The van der Waals surface area contributed by atoms with Crippen molar-refractivity contribution in [1.82, 2.24) is 9.55 Å². The summed E-state index contributed by atoms with van der Waals surface area (Å²) in [5, 5.41) is 3.29. The van der Waals surface area contributed by atoms with Crippen molar-refractivity contribution in [1.29, 1.82) is 0 Å². The molecule has 21 heavy (non-hydrogen) atoms. The molecule has 1 N–H and O–H groups in total. The normalized spacial score (nSPS) is 10.7. The van der Waals surface area contributed by atoms with Gasteiger partial charge in [0.25, 0.3) is 0 Å². The molecule has 0 spiro atoms. The molecule has 0 radical (unpaired) electrons. The summed E-state index contributed by atoms with van der Waals surface area (Å²) in [6, 6.07) is 7.27. The Hall–Kier alpha value is -2.30. The van der Waals surface area contributed by atoms with Crippen LogP contribution in [0.2, 0.25) is 0 Å². The maximum atomic E-state index is 11.7. The Balaban J connectivity index is 1.95. The van der Waals surface area contributed by atoms with Gasteiger partial charge < -0.3 is 14.6 Å². The Morgan fingerprint density at radius 1 is 1.33 bits per heavy atom. The zero-order valence-electron chi connectivity index (χ0n) is 12.7. The lowest BCUT2D eigenvalue weighted by atomic mass is 10.2. The van der Waals surface area contributed by atoms with Crippen LogP contribution in [-0.2, 0) is 17.8 Å². The minimum absolute atomic E-state index is 0.108. The third kappa shape index (κ3) is 4.08. The molecule has 5 heteroatoms. The number of nitrogens with zero attached hydrogens (tertiary/aromatic N) is 2. The highest BCUT2D eigenvalue weighted by molar-refractivity contribution is 5.89. The van der Waals surface area contributed by atoms with E-state index in [0.29, 0.717) is 12.1 Å². The fourth-order valence-corrected chi connectivity index (χ4v) is 1.98. The van der Waals surface area contributed by atoms with Crippen molar-refractivity contribution >= 4 is 11.7 Å². The minimum atomic E-state index is -0.293. The van der Waals surface area contributed by atoms with Gasteiger partial charge in [0.2, 0.25) is 0 Å². The van der Waals surface area contributed by atoms with Crippen LogP contribution in [0.4, 0.5) is 5.69 Å². The third-order valence-corrected chi connectivity index (χ3v) is 3.06. The number of aryl methyl sites for hydroxylation is 1. The average Bonchev–Trinajstić information content (AvgIpc) is 2.92. The summed E-state index contributed by atoms with van der Waals surface area (Å²) in [6.45, 7) is 7.31. The number of rotatable bonds is 6. The molecule has 2 rings (SSSR count). The monoisotopic (exact) mass is 287 g/mol. The van der Waals surface area contributed by atoms with E-state index < -0.39 is 0 Å². The van der Waals surface area contributed by atoms with Crippen molar-refractivity contribution < 1.29 is 9.53 Å². The second-order valence-corrected chi connectivity index (χ2v) is 5.01. The molecule has 1 heterocycles. The summed E-state index contributed by atoms with van der Waals surface area (Å²) in [7, 11) is 0. The highest BCUT2D eigenvalue weighted by atomic mass is 16.5. The second-order valence-electron chi connectivity index (χ2n) is 5.01. The minimum Gasteiger partial charge on any atom is -0.459 e. The van der Waals surface area contributed by atoms with E-state index in [2.05, 4.69) is 21.8 Å². The molecule has 0 atom stereocenters. The molecular weight excluding hydrogens is 266 g/mol. The molecule has 112 valence electrons. The van der Waals surface area contributed by atoms with Crippen LogP contribution in [0.3, 0.4) is 0 Å². The number of carbonyl (C=O) groups is 1. The summed E-state index contributed by atoms with van der Waals surface area (Å²) < 4.78 is 7.24. The summed E-state index contributed by atoms with van der Waals surface area (Å²) in [4.78, 5) is 16.0. The molecule has 0 aliphatic rings. The van der Waals surface area contributed by atoms with Gasteiger partial charge >= 0.3 is 5.97 Å². The summed E-state index contributed by atoms with van der Waals surface area (Å²) in [6.07, 6.45) is 3.65. The lowest BCUT2D eigenvalue weighted by molar-refractivity contribution is 0.0378. The van der Waals surface area contributed by atoms with E-state index in [4.69, 9.17) is 4.74 Å². The van der Waals surface area contributed by atoms with E-state index in [0.717, 1.165) is 18.1 Å². The maximum Gasteiger partial charge on any atom is 0.338 e. The van der Waals surface area contributed by atoms with Crippen LogP contribution in [0, 0.1) is 0 Å². The van der Waals surface area contributed by atoms with Crippen LogP contribution in [-0.4, -0.2) is 21.6 Å². The fraction of sp³-hybridized carbons (Fsp3) is 0.375. The van der Waals surface area contributed by atoms with Crippen molar-refractivity contribution in [3.05, 3.63) is 48.0 Å². The van der Waals surface area contributed by atoms with E-state index in [-0.39, 0.29) is 12.1 Å². The standard InChI is InChI=1S/C16H21N3O2/c1-4-19-10-9-17-15(19)11-18-14-7-5-13(6-8-14)16(20)21-12(2)3/h5-10,12,18H,4,11H2,1-3H3. The summed E-state index contributed by atoms with van der Waals surface area (Å²) in [5.41, 5.74) is 1.51. The molecule has 0 aliphatic carbocycles. The largest absolute Gasteiger partial charge is 0.459 e. The Labute approximate surface area is 125 Å². The van der Waals surface area contributed by atoms with Gasteiger partial charge in [0.1, 0.15) is 5.82 Å². The van der Waals surface area contributed by atoms with Gasteiger partial charge in [-0.25, -0.2) is 9.78 Å². The Kier molecular flexibility index (Phi) is 4.98. The third-order valence-electron chi connectivity index (χ3n) is 3.06. The number of esters is 1. The van der Waals surface area contributed by atoms with E-state index in [1.165, 1.54) is 0 Å². The Morgan fingerprint density at radius 3 is 2.67 bits per heavy atom. The smallest absolute Gasteiger partial charge is 0.338 e. The van der Waals surface area contributed by atoms with Crippen molar-refractivity contribution in [3.8, 4) is 0 Å². The van der Waals surface area contributed by atoms with Crippen LogP contribution < -0.4 is 5.32 Å². The first-order valence-electron chi connectivity index (χ1n) is 7.15. The van der Waals surface area contributed by atoms with Gasteiger partial charge in [-0.05, 0) is 45.0 Å². The lowest BCUT2D eigenvalue weighted by Crippen LogP contribution is -2.11.